The molecule has 0 radical (unpaired) electrons. The molecule has 1 unspecified atom stereocenters. The van der Waals surface area contributed by atoms with Crippen molar-refractivity contribution in [2.24, 2.45) is 5.73 Å². The zero-order valence-corrected chi connectivity index (χ0v) is 13.6. The van der Waals surface area contributed by atoms with Crippen LogP contribution in [0.4, 0.5) is 4.39 Å². The topological polar surface area (TPSA) is 32.5 Å². The van der Waals surface area contributed by atoms with E-state index in [-0.39, 0.29) is 5.82 Å². The highest BCUT2D eigenvalue weighted by atomic mass is 32.1. The molecule has 116 valence electrons. The number of likely N-dealkylation sites (N-methyl/N-ethyl adjacent to an activating group) is 1. The third kappa shape index (κ3) is 3.99. The van der Waals surface area contributed by atoms with Gasteiger partial charge in [0.2, 0.25) is 0 Å². The van der Waals surface area contributed by atoms with Crippen LogP contribution in [-0.2, 0) is 6.54 Å². The number of nitrogens with zero attached hydrogens (tertiary/aromatic N) is 2. The van der Waals surface area contributed by atoms with Gasteiger partial charge in [-0.25, -0.2) is 4.39 Å². The summed E-state index contributed by atoms with van der Waals surface area (Å²) in [6.07, 6.45) is 1.15. The van der Waals surface area contributed by atoms with E-state index in [1.165, 1.54) is 6.07 Å². The first-order valence-corrected chi connectivity index (χ1v) is 8.00. The maximum atomic E-state index is 14.0. The number of halogens is 1. The highest BCUT2D eigenvalue weighted by Crippen LogP contribution is 2.20. The first kappa shape index (κ1) is 16.3. The molecule has 1 heterocycles. The monoisotopic (exact) mass is 309 g/mol. The summed E-state index contributed by atoms with van der Waals surface area (Å²) < 4.78 is 14.0. The van der Waals surface area contributed by atoms with Gasteiger partial charge >= 0.3 is 0 Å². The van der Waals surface area contributed by atoms with E-state index in [0.717, 1.165) is 38.2 Å². The third-order valence-corrected chi connectivity index (χ3v) is 4.54. The molecule has 0 aliphatic carbocycles. The van der Waals surface area contributed by atoms with Crippen molar-refractivity contribution in [2.45, 2.75) is 32.9 Å². The van der Waals surface area contributed by atoms with Gasteiger partial charge < -0.3 is 5.73 Å². The molecule has 21 heavy (non-hydrogen) atoms. The second-order valence-electron chi connectivity index (χ2n) is 5.57. The summed E-state index contributed by atoms with van der Waals surface area (Å²) in [7, 11) is 0. The Morgan fingerprint density at radius 3 is 2.76 bits per heavy atom. The maximum absolute atomic E-state index is 14.0. The van der Waals surface area contributed by atoms with Crippen LogP contribution in [0.15, 0.2) is 18.2 Å². The van der Waals surface area contributed by atoms with Gasteiger partial charge in [0.05, 0.1) is 0 Å². The van der Waals surface area contributed by atoms with Crippen LogP contribution in [0.5, 0.6) is 0 Å². The average molecular weight is 309 g/mol. The van der Waals surface area contributed by atoms with Crippen LogP contribution < -0.4 is 5.73 Å². The lowest BCUT2D eigenvalue weighted by Gasteiger charge is -2.26. The van der Waals surface area contributed by atoms with Gasteiger partial charge in [-0.2, -0.15) is 0 Å². The van der Waals surface area contributed by atoms with Crippen molar-refractivity contribution in [1.29, 1.82) is 0 Å². The average Bonchev–Trinajstić information content (AvgIpc) is 2.91. The van der Waals surface area contributed by atoms with Crippen molar-refractivity contribution in [3.63, 3.8) is 0 Å². The molecule has 2 rings (SSSR count). The molecule has 5 heteroatoms. The largest absolute Gasteiger partial charge is 0.389 e. The number of thiocarbonyl (C=S) groups is 1. The summed E-state index contributed by atoms with van der Waals surface area (Å²) in [5.74, 6) is -0.179. The normalized spacial score (nSPS) is 19.3. The smallest absolute Gasteiger partial charge is 0.127 e. The van der Waals surface area contributed by atoms with E-state index in [1.807, 2.05) is 0 Å². The fourth-order valence-corrected chi connectivity index (χ4v) is 3.21. The molecule has 3 nitrogen and oxygen atoms in total. The van der Waals surface area contributed by atoms with Gasteiger partial charge in [-0.3, -0.25) is 9.80 Å². The van der Waals surface area contributed by atoms with Gasteiger partial charge in [0.15, 0.2) is 0 Å². The summed E-state index contributed by atoms with van der Waals surface area (Å²) in [6, 6.07) is 5.47. The van der Waals surface area contributed by atoms with Crippen molar-refractivity contribution in [1.82, 2.24) is 9.80 Å². The van der Waals surface area contributed by atoms with Crippen molar-refractivity contribution < 1.29 is 4.39 Å². The van der Waals surface area contributed by atoms with Crippen molar-refractivity contribution in [3.8, 4) is 0 Å². The van der Waals surface area contributed by atoms with Crippen LogP contribution in [0, 0.1) is 5.82 Å². The van der Waals surface area contributed by atoms with Gasteiger partial charge in [0, 0.05) is 36.8 Å². The minimum absolute atomic E-state index is 0.179. The Kier molecular flexibility index (Phi) is 5.67. The number of nitrogens with two attached hydrogens (primary N) is 1. The van der Waals surface area contributed by atoms with Crippen molar-refractivity contribution in [2.75, 3.05) is 26.2 Å². The van der Waals surface area contributed by atoms with Gasteiger partial charge in [-0.1, -0.05) is 26.1 Å². The molecule has 0 spiro atoms. The fraction of sp³-hybridized carbons (Fsp3) is 0.562. The SMILES string of the molecule is CCN(CC)C1CCN(Cc2cc(C(N)=S)ccc2F)C1. The summed E-state index contributed by atoms with van der Waals surface area (Å²) in [4.78, 5) is 5.10. The van der Waals surface area contributed by atoms with E-state index in [2.05, 4.69) is 23.6 Å². The van der Waals surface area contributed by atoms with E-state index >= 15 is 0 Å². The number of rotatable bonds is 6. The highest BCUT2D eigenvalue weighted by Gasteiger charge is 2.26. The molecule has 2 N–H and O–H groups in total. The Hall–Kier alpha value is -1.04. The summed E-state index contributed by atoms with van der Waals surface area (Å²) in [6.45, 7) is 9.16. The minimum atomic E-state index is -0.179. The number of likely N-dealkylation sites (tertiary alicyclic amines) is 1. The lowest BCUT2D eigenvalue weighted by atomic mass is 10.1. The Labute approximate surface area is 131 Å². The quantitative estimate of drug-likeness (QED) is 0.818. The Morgan fingerprint density at radius 2 is 2.14 bits per heavy atom. The molecule has 1 aliphatic heterocycles. The van der Waals surface area contributed by atoms with Gasteiger partial charge in [-0.05, 0) is 37.7 Å². The third-order valence-electron chi connectivity index (χ3n) is 4.30. The molecule has 1 atom stereocenters. The molecule has 0 aromatic heterocycles. The summed E-state index contributed by atoms with van der Waals surface area (Å²) >= 11 is 4.97. The second-order valence-corrected chi connectivity index (χ2v) is 6.01. The first-order valence-electron chi connectivity index (χ1n) is 7.59. The molecule has 1 aromatic rings. The number of hydrogen-bond donors (Lipinski definition) is 1. The van der Waals surface area contributed by atoms with E-state index in [0.29, 0.717) is 23.1 Å². The summed E-state index contributed by atoms with van der Waals surface area (Å²) in [5, 5.41) is 0. The van der Waals surface area contributed by atoms with Gasteiger partial charge in [-0.15, -0.1) is 0 Å². The predicted molar refractivity (Wildman–Crippen MR) is 88.9 cm³/mol. The molecule has 0 saturated carbocycles. The molecule has 1 fully saturated rings. The van der Waals surface area contributed by atoms with E-state index in [1.54, 1.807) is 12.1 Å². The lowest BCUT2D eigenvalue weighted by molar-refractivity contribution is 0.208. The van der Waals surface area contributed by atoms with E-state index in [4.69, 9.17) is 18.0 Å². The fourth-order valence-electron chi connectivity index (χ4n) is 3.08. The molecule has 0 bridgehead atoms. The predicted octanol–water partition coefficient (Wildman–Crippen LogP) is 2.38. The Morgan fingerprint density at radius 1 is 1.43 bits per heavy atom. The zero-order valence-electron chi connectivity index (χ0n) is 12.8. The molecular formula is C16H24FN3S. The molecular weight excluding hydrogens is 285 g/mol. The molecule has 1 aliphatic rings. The van der Waals surface area contributed by atoms with Crippen LogP contribution in [0.1, 0.15) is 31.4 Å². The van der Waals surface area contributed by atoms with Crippen LogP contribution in [0.2, 0.25) is 0 Å². The van der Waals surface area contributed by atoms with Crippen LogP contribution in [-0.4, -0.2) is 47.0 Å². The van der Waals surface area contributed by atoms with Crippen LogP contribution in [0.25, 0.3) is 0 Å². The first-order chi connectivity index (χ1) is 10.0. The highest BCUT2D eigenvalue weighted by molar-refractivity contribution is 7.80. The number of hydrogen-bond acceptors (Lipinski definition) is 3. The minimum Gasteiger partial charge on any atom is -0.389 e. The van der Waals surface area contributed by atoms with Crippen LogP contribution >= 0.6 is 12.2 Å². The van der Waals surface area contributed by atoms with Crippen LogP contribution in [0.3, 0.4) is 0 Å². The van der Waals surface area contributed by atoms with Crippen molar-refractivity contribution in [3.05, 3.63) is 35.1 Å². The van der Waals surface area contributed by atoms with E-state index < -0.39 is 0 Å². The Balaban J connectivity index is 2.03. The second kappa shape index (κ2) is 7.29. The summed E-state index contributed by atoms with van der Waals surface area (Å²) in [5.41, 5.74) is 7.05. The maximum Gasteiger partial charge on any atom is 0.127 e. The molecule has 0 amide bonds. The molecule has 1 aromatic carbocycles. The number of benzene rings is 1. The Bertz CT molecular complexity index is 502. The van der Waals surface area contributed by atoms with E-state index in [9.17, 15) is 4.39 Å². The molecule has 1 saturated heterocycles. The standard InChI is InChI=1S/C16H24FN3S/c1-3-20(4-2)14-7-8-19(11-14)10-13-9-12(16(18)21)5-6-15(13)17/h5-6,9,14H,3-4,7-8,10-11H2,1-2H3,(H2,18,21). The van der Waals surface area contributed by atoms with Crippen molar-refractivity contribution >= 4 is 17.2 Å². The van der Waals surface area contributed by atoms with Gasteiger partial charge in [0.1, 0.15) is 10.8 Å². The van der Waals surface area contributed by atoms with Gasteiger partial charge in [0.25, 0.3) is 0 Å². The lowest BCUT2D eigenvalue weighted by Crippen LogP contribution is -2.37. The zero-order chi connectivity index (χ0) is 15.4.